The van der Waals surface area contributed by atoms with Crippen molar-refractivity contribution in [2.75, 3.05) is 6.54 Å². The Morgan fingerprint density at radius 1 is 1.71 bits per heavy atom. The van der Waals surface area contributed by atoms with Crippen LogP contribution in [0.15, 0.2) is 6.20 Å². The molecule has 0 bridgehead atoms. The number of carbonyl (C=O) groups excluding carboxylic acids is 1. The van der Waals surface area contributed by atoms with Crippen LogP contribution in [0.3, 0.4) is 0 Å². The summed E-state index contributed by atoms with van der Waals surface area (Å²) in [5, 5.41) is 7.96. The number of aryl methyl sites for hydroxylation is 1. The third kappa shape index (κ3) is 3.44. The minimum Gasteiger partial charge on any atom is -0.368 e. The van der Waals surface area contributed by atoms with Gasteiger partial charge >= 0.3 is 0 Å². The van der Waals surface area contributed by atoms with Crippen molar-refractivity contribution in [3.05, 3.63) is 16.9 Å². The van der Waals surface area contributed by atoms with Gasteiger partial charge in [0.1, 0.15) is 5.54 Å². The third-order valence-electron chi connectivity index (χ3n) is 2.67. The first-order valence-electron chi connectivity index (χ1n) is 5.63. The topological polar surface area (TPSA) is 72.9 Å². The van der Waals surface area contributed by atoms with Gasteiger partial charge in [-0.1, -0.05) is 18.5 Å². The lowest BCUT2D eigenvalue weighted by molar-refractivity contribution is -0.124. The van der Waals surface area contributed by atoms with E-state index in [9.17, 15) is 4.79 Å². The van der Waals surface area contributed by atoms with Gasteiger partial charge in [0.25, 0.3) is 0 Å². The number of halogens is 1. The molecule has 0 fully saturated rings. The number of hydrogen-bond acceptors (Lipinski definition) is 3. The van der Waals surface area contributed by atoms with Gasteiger partial charge in [-0.2, -0.15) is 5.10 Å². The highest BCUT2D eigenvalue weighted by atomic mass is 35.5. The molecule has 1 atom stereocenters. The van der Waals surface area contributed by atoms with Crippen LogP contribution in [0.1, 0.15) is 26.0 Å². The molecule has 1 rings (SSSR count). The normalized spacial score (nSPS) is 14.6. The zero-order chi connectivity index (χ0) is 13.1. The van der Waals surface area contributed by atoms with Crippen molar-refractivity contribution in [1.82, 2.24) is 15.1 Å². The maximum absolute atomic E-state index is 11.5. The zero-order valence-electron chi connectivity index (χ0n) is 10.5. The molecular weight excluding hydrogens is 240 g/mol. The van der Waals surface area contributed by atoms with Crippen molar-refractivity contribution < 1.29 is 4.79 Å². The van der Waals surface area contributed by atoms with Gasteiger partial charge in [0.15, 0.2) is 0 Å². The number of primary amides is 1. The molecule has 0 aliphatic carbocycles. The van der Waals surface area contributed by atoms with E-state index in [0.29, 0.717) is 11.6 Å². The van der Waals surface area contributed by atoms with Crippen LogP contribution in [0, 0.1) is 6.92 Å². The first kappa shape index (κ1) is 14.0. The third-order valence-corrected chi connectivity index (χ3v) is 3.04. The van der Waals surface area contributed by atoms with Crippen molar-refractivity contribution in [3.8, 4) is 0 Å². The van der Waals surface area contributed by atoms with Crippen LogP contribution >= 0.6 is 11.6 Å². The Bertz CT molecular complexity index is 385. The number of hydrogen-bond donors (Lipinski definition) is 2. The van der Waals surface area contributed by atoms with Gasteiger partial charge in [0.05, 0.1) is 17.3 Å². The predicted molar refractivity (Wildman–Crippen MR) is 67.9 cm³/mol. The summed E-state index contributed by atoms with van der Waals surface area (Å²) in [5.74, 6) is -0.393. The molecule has 1 aromatic heterocycles. The number of nitrogens with one attached hydrogen (secondary N) is 1. The highest BCUT2D eigenvalue weighted by molar-refractivity contribution is 6.31. The summed E-state index contributed by atoms with van der Waals surface area (Å²) in [6.07, 6.45) is 2.63. The van der Waals surface area contributed by atoms with Crippen molar-refractivity contribution in [1.29, 1.82) is 0 Å². The number of rotatable bonds is 6. The zero-order valence-corrected chi connectivity index (χ0v) is 11.2. The fourth-order valence-electron chi connectivity index (χ4n) is 1.52. The molecule has 1 amide bonds. The van der Waals surface area contributed by atoms with E-state index in [-0.39, 0.29) is 0 Å². The van der Waals surface area contributed by atoms with Crippen LogP contribution in [0.5, 0.6) is 0 Å². The largest absolute Gasteiger partial charge is 0.368 e. The maximum atomic E-state index is 11.5. The summed E-state index contributed by atoms with van der Waals surface area (Å²) in [6.45, 7) is 6.72. The summed E-state index contributed by atoms with van der Waals surface area (Å²) >= 11 is 5.92. The highest BCUT2D eigenvalue weighted by Crippen LogP contribution is 2.15. The Kier molecular flexibility index (Phi) is 4.54. The lowest BCUT2D eigenvalue weighted by Crippen LogP contribution is -2.56. The average molecular weight is 259 g/mol. The molecule has 0 radical (unpaired) electrons. The highest BCUT2D eigenvalue weighted by Gasteiger charge is 2.31. The van der Waals surface area contributed by atoms with E-state index in [1.54, 1.807) is 17.8 Å². The first-order valence-corrected chi connectivity index (χ1v) is 6.01. The lowest BCUT2D eigenvalue weighted by atomic mass is 10.0. The number of aromatic nitrogens is 2. The molecule has 17 heavy (non-hydrogen) atoms. The van der Waals surface area contributed by atoms with Crippen molar-refractivity contribution in [2.24, 2.45) is 5.73 Å². The fraction of sp³-hybridized carbons (Fsp3) is 0.636. The van der Waals surface area contributed by atoms with E-state index in [4.69, 9.17) is 17.3 Å². The van der Waals surface area contributed by atoms with E-state index in [1.807, 2.05) is 13.8 Å². The number of amides is 1. The van der Waals surface area contributed by atoms with Crippen LogP contribution in [0.4, 0.5) is 0 Å². The minimum absolute atomic E-state index is 0.371. The minimum atomic E-state index is -0.808. The molecule has 1 unspecified atom stereocenters. The SMILES string of the molecule is CCCNC(C)(Cn1cc(Cl)c(C)n1)C(N)=O. The molecule has 96 valence electrons. The van der Waals surface area contributed by atoms with Crippen LogP contribution in [0.25, 0.3) is 0 Å². The molecule has 6 heteroatoms. The summed E-state index contributed by atoms with van der Waals surface area (Å²) < 4.78 is 1.64. The molecule has 0 aromatic carbocycles. The van der Waals surface area contributed by atoms with Gasteiger partial charge in [-0.15, -0.1) is 0 Å². The fourth-order valence-corrected chi connectivity index (χ4v) is 1.67. The summed E-state index contributed by atoms with van der Waals surface area (Å²) in [5.41, 5.74) is 5.37. The molecule has 0 saturated carbocycles. The van der Waals surface area contributed by atoms with Crippen molar-refractivity contribution >= 4 is 17.5 Å². The Labute approximate surface area is 106 Å². The summed E-state index contributed by atoms with van der Waals surface area (Å²) in [7, 11) is 0. The molecule has 1 heterocycles. The van der Waals surface area contributed by atoms with E-state index >= 15 is 0 Å². The van der Waals surface area contributed by atoms with Gasteiger partial charge in [-0.3, -0.25) is 9.48 Å². The van der Waals surface area contributed by atoms with Gasteiger partial charge < -0.3 is 11.1 Å². The number of nitrogens with zero attached hydrogens (tertiary/aromatic N) is 2. The molecule has 5 nitrogen and oxygen atoms in total. The van der Waals surface area contributed by atoms with Gasteiger partial charge in [-0.25, -0.2) is 0 Å². The molecule has 0 aliphatic heterocycles. The second kappa shape index (κ2) is 5.51. The standard InChI is InChI=1S/C11H19ClN4O/c1-4-5-14-11(3,10(13)17)7-16-6-9(12)8(2)15-16/h6,14H,4-5,7H2,1-3H3,(H2,13,17). The molecule has 0 spiro atoms. The molecule has 0 aliphatic rings. The Morgan fingerprint density at radius 3 is 2.76 bits per heavy atom. The average Bonchev–Trinajstić information content (AvgIpc) is 2.54. The summed E-state index contributed by atoms with van der Waals surface area (Å²) in [6, 6.07) is 0. The number of nitrogens with two attached hydrogens (primary N) is 1. The van der Waals surface area contributed by atoms with Gasteiger partial charge in [0, 0.05) is 6.20 Å². The van der Waals surface area contributed by atoms with E-state index in [1.165, 1.54) is 0 Å². The lowest BCUT2D eigenvalue weighted by Gasteiger charge is -2.27. The second-order valence-corrected chi connectivity index (χ2v) is 4.79. The quantitative estimate of drug-likeness (QED) is 0.802. The van der Waals surface area contributed by atoms with E-state index in [2.05, 4.69) is 10.4 Å². The number of carbonyl (C=O) groups is 1. The second-order valence-electron chi connectivity index (χ2n) is 4.38. The Morgan fingerprint density at radius 2 is 2.35 bits per heavy atom. The molecule has 3 N–H and O–H groups in total. The van der Waals surface area contributed by atoms with Crippen LogP contribution in [-0.4, -0.2) is 27.8 Å². The van der Waals surface area contributed by atoms with Crippen molar-refractivity contribution in [3.63, 3.8) is 0 Å². The Hall–Kier alpha value is -1.07. The van der Waals surface area contributed by atoms with Gasteiger partial charge in [0.2, 0.25) is 5.91 Å². The van der Waals surface area contributed by atoms with Crippen LogP contribution in [0.2, 0.25) is 5.02 Å². The molecule has 1 aromatic rings. The van der Waals surface area contributed by atoms with Crippen LogP contribution in [-0.2, 0) is 11.3 Å². The van der Waals surface area contributed by atoms with E-state index < -0.39 is 11.4 Å². The van der Waals surface area contributed by atoms with Crippen LogP contribution < -0.4 is 11.1 Å². The van der Waals surface area contributed by atoms with E-state index in [0.717, 1.165) is 18.7 Å². The predicted octanol–water partition coefficient (Wildman–Crippen LogP) is 1.09. The first-order chi connectivity index (χ1) is 7.89. The smallest absolute Gasteiger partial charge is 0.239 e. The van der Waals surface area contributed by atoms with Crippen molar-refractivity contribution in [2.45, 2.75) is 39.3 Å². The van der Waals surface area contributed by atoms with Gasteiger partial charge in [-0.05, 0) is 26.8 Å². The maximum Gasteiger partial charge on any atom is 0.239 e. The monoisotopic (exact) mass is 258 g/mol. The molecular formula is C11H19ClN4O. The Balaban J connectivity index is 2.82. The summed E-state index contributed by atoms with van der Waals surface area (Å²) in [4.78, 5) is 11.5. The molecule has 0 saturated heterocycles.